The van der Waals surface area contributed by atoms with Gasteiger partial charge in [0, 0.05) is 18.7 Å². The van der Waals surface area contributed by atoms with Gasteiger partial charge >= 0.3 is 0 Å². The van der Waals surface area contributed by atoms with Crippen LogP contribution in [0.4, 0.5) is 0 Å². The van der Waals surface area contributed by atoms with E-state index < -0.39 is 0 Å². The molecule has 8 heteroatoms. The topological polar surface area (TPSA) is 102 Å². The Balaban J connectivity index is 1.74. The van der Waals surface area contributed by atoms with Gasteiger partial charge in [-0.2, -0.15) is 0 Å². The van der Waals surface area contributed by atoms with Crippen molar-refractivity contribution in [2.45, 2.75) is 26.1 Å². The third-order valence-electron chi connectivity index (χ3n) is 3.25. The van der Waals surface area contributed by atoms with Gasteiger partial charge in [0.2, 0.25) is 5.76 Å². The fourth-order valence-electron chi connectivity index (χ4n) is 2.22. The number of hydrogen-bond donors (Lipinski definition) is 2. The first-order valence-electron chi connectivity index (χ1n) is 6.73. The van der Waals surface area contributed by atoms with Gasteiger partial charge in [0.15, 0.2) is 0 Å². The van der Waals surface area contributed by atoms with Gasteiger partial charge in [-0.05, 0) is 13.0 Å². The quantitative estimate of drug-likeness (QED) is 0.801. The van der Waals surface area contributed by atoms with E-state index in [2.05, 4.69) is 20.8 Å². The maximum absolute atomic E-state index is 12.1. The molecule has 21 heavy (non-hydrogen) atoms. The highest BCUT2D eigenvalue weighted by Gasteiger charge is 2.13. The number of nitrogens with one attached hydrogen (secondary N) is 2. The van der Waals surface area contributed by atoms with Crippen LogP contribution in [-0.2, 0) is 19.6 Å². The predicted molar refractivity (Wildman–Crippen MR) is 72.5 cm³/mol. The third-order valence-corrected chi connectivity index (χ3v) is 3.25. The number of aromatic nitrogens is 3. The summed E-state index contributed by atoms with van der Waals surface area (Å²) in [5.41, 5.74) is 0.440. The lowest BCUT2D eigenvalue weighted by molar-refractivity contribution is 0.0913. The molecule has 3 heterocycles. The molecule has 0 bridgehead atoms. The van der Waals surface area contributed by atoms with Crippen LogP contribution < -0.4 is 16.2 Å². The van der Waals surface area contributed by atoms with E-state index in [1.165, 1.54) is 18.3 Å². The Morgan fingerprint density at radius 2 is 2.43 bits per heavy atom. The molecule has 2 aromatic rings. The summed E-state index contributed by atoms with van der Waals surface area (Å²) in [4.78, 5) is 28.2. The van der Waals surface area contributed by atoms with E-state index in [4.69, 9.17) is 4.52 Å². The molecule has 8 nitrogen and oxygen atoms in total. The highest BCUT2D eigenvalue weighted by atomic mass is 16.5. The predicted octanol–water partition coefficient (Wildman–Crippen LogP) is -0.345. The van der Waals surface area contributed by atoms with Crippen molar-refractivity contribution in [1.82, 2.24) is 25.3 Å². The van der Waals surface area contributed by atoms with Crippen LogP contribution in [0, 0.1) is 0 Å². The monoisotopic (exact) mass is 289 g/mol. The number of carbonyl (C=O) groups excluding carboxylic acids is 1. The molecule has 1 aliphatic heterocycles. The van der Waals surface area contributed by atoms with E-state index in [0.717, 1.165) is 13.0 Å². The second-order valence-corrected chi connectivity index (χ2v) is 4.74. The summed E-state index contributed by atoms with van der Waals surface area (Å²) >= 11 is 0. The van der Waals surface area contributed by atoms with Gasteiger partial charge in [0.05, 0.1) is 25.0 Å². The molecule has 0 unspecified atom stereocenters. The molecule has 2 N–H and O–H groups in total. The summed E-state index contributed by atoms with van der Waals surface area (Å²) in [5, 5.41) is 9.33. The van der Waals surface area contributed by atoms with Crippen molar-refractivity contribution in [1.29, 1.82) is 0 Å². The molecule has 1 amide bonds. The zero-order valence-corrected chi connectivity index (χ0v) is 11.3. The Hall–Kier alpha value is -2.48. The minimum Gasteiger partial charge on any atom is -0.351 e. The number of fused-ring (bicyclic) bond motifs is 1. The van der Waals surface area contributed by atoms with Crippen molar-refractivity contribution < 1.29 is 9.32 Å². The summed E-state index contributed by atoms with van der Waals surface area (Å²) in [7, 11) is 0. The zero-order valence-electron chi connectivity index (χ0n) is 11.3. The molecular formula is C13H15N5O3. The maximum Gasteiger partial charge on any atom is 0.290 e. The highest BCUT2D eigenvalue weighted by molar-refractivity contribution is 5.91. The summed E-state index contributed by atoms with van der Waals surface area (Å²) < 4.78 is 6.42. The van der Waals surface area contributed by atoms with Crippen molar-refractivity contribution in [3.05, 3.63) is 46.0 Å². The van der Waals surface area contributed by atoms with Crippen LogP contribution >= 0.6 is 0 Å². The third kappa shape index (κ3) is 3.00. The fraction of sp³-hybridized carbons (Fsp3) is 0.385. The molecule has 0 atom stereocenters. The molecule has 0 radical (unpaired) electrons. The SMILES string of the molecule is O=C(NCc1cc(=O)n2c(n1)CNCCC2)c1ccno1. The lowest BCUT2D eigenvalue weighted by atomic mass is 10.3. The van der Waals surface area contributed by atoms with Gasteiger partial charge in [-0.15, -0.1) is 0 Å². The van der Waals surface area contributed by atoms with Gasteiger partial charge in [-0.1, -0.05) is 5.16 Å². The lowest BCUT2D eigenvalue weighted by Gasteiger charge is -2.10. The molecule has 110 valence electrons. The minimum atomic E-state index is -0.387. The van der Waals surface area contributed by atoms with Gasteiger partial charge < -0.3 is 15.2 Å². The molecule has 2 aromatic heterocycles. The second-order valence-electron chi connectivity index (χ2n) is 4.74. The first kappa shape index (κ1) is 13.5. The minimum absolute atomic E-state index is 0.0902. The number of hydrogen-bond acceptors (Lipinski definition) is 6. The van der Waals surface area contributed by atoms with Crippen molar-refractivity contribution in [2.75, 3.05) is 6.54 Å². The van der Waals surface area contributed by atoms with Crippen LogP contribution in [0.1, 0.15) is 28.5 Å². The smallest absolute Gasteiger partial charge is 0.290 e. The Morgan fingerprint density at radius 1 is 1.52 bits per heavy atom. The summed E-state index contributed by atoms with van der Waals surface area (Å²) in [6.07, 6.45) is 2.30. The Bertz CT molecular complexity index is 692. The van der Waals surface area contributed by atoms with Crippen LogP contribution in [-0.4, -0.2) is 27.2 Å². The standard InChI is InChI=1S/C13H15N5O3/c19-12-6-9(7-15-13(20)10-2-4-16-21-10)17-11-8-14-3-1-5-18(11)12/h2,4,6,14H,1,3,5,7-8H2,(H,15,20). The van der Waals surface area contributed by atoms with Gasteiger partial charge in [0.1, 0.15) is 5.82 Å². The number of carbonyl (C=O) groups is 1. The Morgan fingerprint density at radius 3 is 3.24 bits per heavy atom. The van der Waals surface area contributed by atoms with Crippen LogP contribution in [0.5, 0.6) is 0 Å². The van der Waals surface area contributed by atoms with Gasteiger partial charge in [0.25, 0.3) is 11.5 Å². The van der Waals surface area contributed by atoms with E-state index in [0.29, 0.717) is 24.6 Å². The number of amides is 1. The average molecular weight is 289 g/mol. The van der Waals surface area contributed by atoms with Gasteiger partial charge in [-0.3, -0.25) is 14.2 Å². The van der Waals surface area contributed by atoms with E-state index in [-0.39, 0.29) is 23.8 Å². The first-order valence-corrected chi connectivity index (χ1v) is 6.73. The first-order chi connectivity index (χ1) is 10.2. The van der Waals surface area contributed by atoms with Crippen molar-refractivity contribution in [3.8, 4) is 0 Å². The van der Waals surface area contributed by atoms with E-state index in [9.17, 15) is 9.59 Å². The fourth-order valence-corrected chi connectivity index (χ4v) is 2.22. The Kier molecular flexibility index (Phi) is 3.78. The summed E-state index contributed by atoms with van der Waals surface area (Å²) in [5.74, 6) is 0.439. The average Bonchev–Trinajstić information content (AvgIpc) is 2.91. The van der Waals surface area contributed by atoms with Crippen molar-refractivity contribution in [2.24, 2.45) is 0 Å². The maximum atomic E-state index is 12.1. The molecule has 0 fully saturated rings. The number of nitrogens with zero attached hydrogens (tertiary/aromatic N) is 3. The van der Waals surface area contributed by atoms with E-state index >= 15 is 0 Å². The van der Waals surface area contributed by atoms with Crippen LogP contribution in [0.25, 0.3) is 0 Å². The normalized spacial score (nSPS) is 14.3. The highest BCUT2D eigenvalue weighted by Crippen LogP contribution is 2.02. The summed E-state index contributed by atoms with van der Waals surface area (Å²) in [6.45, 7) is 2.25. The van der Waals surface area contributed by atoms with Crippen molar-refractivity contribution in [3.63, 3.8) is 0 Å². The molecule has 1 aliphatic rings. The zero-order chi connectivity index (χ0) is 14.7. The molecule has 3 rings (SSSR count). The molecule has 0 aromatic carbocycles. The van der Waals surface area contributed by atoms with Crippen LogP contribution in [0.2, 0.25) is 0 Å². The number of rotatable bonds is 3. The van der Waals surface area contributed by atoms with Crippen LogP contribution in [0.3, 0.4) is 0 Å². The van der Waals surface area contributed by atoms with Crippen LogP contribution in [0.15, 0.2) is 27.6 Å². The van der Waals surface area contributed by atoms with E-state index in [1.807, 2.05) is 0 Å². The summed E-state index contributed by atoms with van der Waals surface area (Å²) in [6, 6.07) is 2.92. The lowest BCUT2D eigenvalue weighted by Crippen LogP contribution is -2.29. The Labute approximate surface area is 120 Å². The van der Waals surface area contributed by atoms with Gasteiger partial charge in [-0.25, -0.2) is 4.98 Å². The largest absolute Gasteiger partial charge is 0.351 e. The molecule has 0 spiro atoms. The second kappa shape index (κ2) is 5.88. The molecular weight excluding hydrogens is 274 g/mol. The van der Waals surface area contributed by atoms with Crippen molar-refractivity contribution >= 4 is 5.91 Å². The molecule has 0 saturated carbocycles. The van der Waals surface area contributed by atoms with E-state index in [1.54, 1.807) is 4.57 Å². The molecule has 0 aliphatic carbocycles. The molecule has 0 saturated heterocycles.